The molecule has 5 heteroatoms. The Morgan fingerprint density at radius 2 is 1.61 bits per heavy atom. The van der Waals surface area contributed by atoms with Gasteiger partial charge in [-0.1, -0.05) is 58.3 Å². The van der Waals surface area contributed by atoms with E-state index in [1.807, 2.05) is 0 Å². The molecule has 5 nitrogen and oxygen atoms in total. The Kier molecular flexibility index (Phi) is 6.96. The molecule has 0 aromatic heterocycles. The highest BCUT2D eigenvalue weighted by Gasteiger charge is 2.53. The molecule has 2 rings (SSSR count). The van der Waals surface area contributed by atoms with Crippen LogP contribution in [0.5, 0.6) is 0 Å². The Morgan fingerprint density at radius 1 is 1.00 bits per heavy atom. The van der Waals surface area contributed by atoms with Crippen LogP contribution in [0.2, 0.25) is 0 Å². The number of epoxide rings is 1. The van der Waals surface area contributed by atoms with Crippen LogP contribution in [0, 0.1) is 0 Å². The molecule has 23 heavy (non-hydrogen) atoms. The van der Waals surface area contributed by atoms with Crippen LogP contribution in [0.25, 0.3) is 0 Å². The van der Waals surface area contributed by atoms with Crippen LogP contribution >= 0.6 is 0 Å². The van der Waals surface area contributed by atoms with Crippen molar-refractivity contribution in [3.8, 4) is 0 Å². The smallest absolute Gasteiger partial charge is 0.224 e. The molecule has 2 aliphatic rings. The lowest BCUT2D eigenvalue weighted by Crippen LogP contribution is -2.34. The average molecular weight is 321 g/mol. The van der Waals surface area contributed by atoms with E-state index < -0.39 is 12.2 Å². The van der Waals surface area contributed by atoms with E-state index in [1.165, 1.54) is 44.6 Å². The molecule has 0 aromatic carbocycles. The van der Waals surface area contributed by atoms with Crippen molar-refractivity contribution in [2.24, 2.45) is 0 Å². The summed E-state index contributed by atoms with van der Waals surface area (Å²) in [5, 5.41) is 2.55. The van der Waals surface area contributed by atoms with E-state index in [-0.39, 0.29) is 23.2 Å². The normalized spacial score (nSPS) is 22.6. The predicted molar refractivity (Wildman–Crippen MR) is 86.7 cm³/mol. The molecule has 0 aromatic rings. The molecular formula is C18H27NO4. The van der Waals surface area contributed by atoms with Crippen molar-refractivity contribution in [1.29, 1.82) is 0 Å². The van der Waals surface area contributed by atoms with Gasteiger partial charge in [-0.25, -0.2) is 0 Å². The molecule has 1 aliphatic carbocycles. The Hall–Kier alpha value is -1.49. The number of hydrogen-bond donors (Lipinski definition) is 1. The number of fused-ring (bicyclic) bond motifs is 1. The molecule has 1 heterocycles. The summed E-state index contributed by atoms with van der Waals surface area (Å²) in [4.78, 5) is 35.1. The van der Waals surface area contributed by atoms with Crippen molar-refractivity contribution in [3.63, 3.8) is 0 Å². The molecule has 1 N–H and O–H groups in total. The first kappa shape index (κ1) is 17.9. The quantitative estimate of drug-likeness (QED) is 0.469. The van der Waals surface area contributed by atoms with Crippen molar-refractivity contribution >= 4 is 17.5 Å². The number of carbonyl (C=O) groups excluding carboxylic acids is 3. The zero-order chi connectivity index (χ0) is 16.7. The second kappa shape index (κ2) is 8.96. The van der Waals surface area contributed by atoms with Gasteiger partial charge in [0.2, 0.25) is 11.7 Å². The van der Waals surface area contributed by atoms with Crippen LogP contribution < -0.4 is 5.32 Å². The lowest BCUT2D eigenvalue weighted by molar-refractivity contribution is -0.124. The lowest BCUT2D eigenvalue weighted by atomic mass is 10.0. The lowest BCUT2D eigenvalue weighted by Gasteiger charge is -2.10. The van der Waals surface area contributed by atoms with Crippen LogP contribution in [0.3, 0.4) is 0 Å². The highest BCUT2D eigenvalue weighted by Crippen LogP contribution is 2.30. The topological polar surface area (TPSA) is 75.8 Å². The van der Waals surface area contributed by atoms with E-state index in [2.05, 4.69) is 12.2 Å². The van der Waals surface area contributed by atoms with Crippen LogP contribution in [0.1, 0.15) is 71.1 Å². The Labute approximate surface area is 137 Å². The summed E-state index contributed by atoms with van der Waals surface area (Å²) in [6.45, 7) is 2.22. The molecule has 0 bridgehead atoms. The molecule has 1 fully saturated rings. The number of amides is 1. The standard InChI is InChI=1S/C18H27NO4/c1-2-3-4-5-6-7-8-9-10-11-15(21)19-13-12-14(20)17-18(23-17)16(13)22/h12,17-18H,2-11H2,1H3,(H,19,21)/t17-,18+/m1/s1. The van der Waals surface area contributed by atoms with Gasteiger partial charge in [-0.05, 0) is 6.42 Å². The fourth-order valence-electron chi connectivity index (χ4n) is 2.88. The molecule has 2 atom stereocenters. The molecule has 128 valence electrons. The highest BCUT2D eigenvalue weighted by molar-refractivity contribution is 6.16. The SMILES string of the molecule is CCCCCCCCCCCC(=O)NC1=CC(=O)[C@H]2O[C@H]2C1=O. The van der Waals surface area contributed by atoms with Crippen LogP contribution in [-0.2, 0) is 19.1 Å². The molecule has 0 radical (unpaired) electrons. The van der Waals surface area contributed by atoms with E-state index in [0.29, 0.717) is 6.42 Å². The summed E-state index contributed by atoms with van der Waals surface area (Å²) < 4.78 is 4.97. The van der Waals surface area contributed by atoms with Gasteiger partial charge in [-0.15, -0.1) is 0 Å². The fourth-order valence-corrected chi connectivity index (χ4v) is 2.88. The van der Waals surface area contributed by atoms with E-state index in [4.69, 9.17) is 4.74 Å². The van der Waals surface area contributed by atoms with Crippen molar-refractivity contribution in [2.75, 3.05) is 0 Å². The van der Waals surface area contributed by atoms with Gasteiger partial charge in [0, 0.05) is 12.5 Å². The zero-order valence-electron chi connectivity index (χ0n) is 13.9. The molecular weight excluding hydrogens is 294 g/mol. The number of nitrogens with one attached hydrogen (secondary N) is 1. The summed E-state index contributed by atoms with van der Waals surface area (Å²) in [7, 11) is 0. The molecule has 0 unspecified atom stereocenters. The van der Waals surface area contributed by atoms with E-state index in [9.17, 15) is 14.4 Å². The van der Waals surface area contributed by atoms with Crippen molar-refractivity contribution in [3.05, 3.63) is 11.8 Å². The Morgan fingerprint density at radius 3 is 2.26 bits per heavy atom. The second-order valence-electron chi connectivity index (χ2n) is 6.43. The van der Waals surface area contributed by atoms with Gasteiger partial charge in [-0.3, -0.25) is 14.4 Å². The molecule has 1 amide bonds. The zero-order valence-corrected chi connectivity index (χ0v) is 13.9. The second-order valence-corrected chi connectivity index (χ2v) is 6.43. The van der Waals surface area contributed by atoms with Crippen molar-refractivity contribution in [2.45, 2.75) is 83.3 Å². The van der Waals surface area contributed by atoms with E-state index in [0.717, 1.165) is 19.3 Å². The maximum Gasteiger partial charge on any atom is 0.224 e. The first-order valence-corrected chi connectivity index (χ1v) is 8.88. The van der Waals surface area contributed by atoms with Gasteiger partial charge in [0.1, 0.15) is 0 Å². The largest absolute Gasteiger partial charge is 0.352 e. The van der Waals surface area contributed by atoms with Gasteiger partial charge < -0.3 is 10.1 Å². The van der Waals surface area contributed by atoms with Gasteiger partial charge in [-0.2, -0.15) is 0 Å². The van der Waals surface area contributed by atoms with E-state index in [1.54, 1.807) is 0 Å². The van der Waals surface area contributed by atoms with Gasteiger partial charge in [0.25, 0.3) is 0 Å². The number of Topliss-reactive ketones (excluding diaryl/α,β-unsaturated/α-hetero) is 1. The first-order chi connectivity index (χ1) is 11.1. The van der Waals surface area contributed by atoms with Crippen LogP contribution in [0.4, 0.5) is 0 Å². The highest BCUT2D eigenvalue weighted by atomic mass is 16.6. The molecule has 0 saturated carbocycles. The van der Waals surface area contributed by atoms with Gasteiger partial charge in [0.15, 0.2) is 18.0 Å². The number of ether oxygens (including phenoxy) is 1. The Bertz CT molecular complexity index is 483. The van der Waals surface area contributed by atoms with E-state index >= 15 is 0 Å². The monoisotopic (exact) mass is 321 g/mol. The summed E-state index contributed by atoms with van der Waals surface area (Å²) in [6.07, 6.45) is 11.1. The fraction of sp³-hybridized carbons (Fsp3) is 0.722. The van der Waals surface area contributed by atoms with Gasteiger partial charge >= 0.3 is 0 Å². The average Bonchev–Trinajstić information content (AvgIpc) is 3.32. The van der Waals surface area contributed by atoms with Crippen LogP contribution in [-0.4, -0.2) is 29.7 Å². The number of rotatable bonds is 11. The number of carbonyl (C=O) groups is 3. The number of unbranched alkanes of at least 4 members (excludes halogenated alkanes) is 8. The van der Waals surface area contributed by atoms with Crippen molar-refractivity contribution in [1.82, 2.24) is 5.32 Å². The molecule has 1 aliphatic heterocycles. The van der Waals surface area contributed by atoms with Gasteiger partial charge in [0.05, 0.1) is 5.70 Å². The minimum absolute atomic E-state index is 0.0923. The summed E-state index contributed by atoms with van der Waals surface area (Å²) >= 11 is 0. The first-order valence-electron chi connectivity index (χ1n) is 8.88. The predicted octanol–water partition coefficient (Wildman–Crippen LogP) is 2.83. The number of ketones is 2. The molecule has 1 saturated heterocycles. The minimum atomic E-state index is -0.657. The third-order valence-corrected chi connectivity index (χ3v) is 4.36. The third kappa shape index (κ3) is 5.57. The molecule has 0 spiro atoms. The maximum absolute atomic E-state index is 11.8. The number of hydrogen-bond acceptors (Lipinski definition) is 4. The van der Waals surface area contributed by atoms with Crippen LogP contribution in [0.15, 0.2) is 11.8 Å². The summed E-state index contributed by atoms with van der Waals surface area (Å²) in [5.74, 6) is -0.706. The Balaban J connectivity index is 1.52. The minimum Gasteiger partial charge on any atom is -0.352 e. The third-order valence-electron chi connectivity index (χ3n) is 4.36. The summed E-state index contributed by atoms with van der Waals surface area (Å²) in [6, 6.07) is 0. The summed E-state index contributed by atoms with van der Waals surface area (Å²) in [5.41, 5.74) is 0.0923. The van der Waals surface area contributed by atoms with Crippen molar-refractivity contribution < 1.29 is 19.1 Å². The maximum atomic E-state index is 11.8.